The van der Waals surface area contributed by atoms with Gasteiger partial charge in [0.05, 0.1) is 34.9 Å². The first kappa shape index (κ1) is 31.6. The van der Waals surface area contributed by atoms with Crippen LogP contribution in [0.2, 0.25) is 0 Å². The number of thioether (sulfide) groups is 1. The Morgan fingerprint density at radius 2 is 1.89 bits per heavy atom. The second-order valence-electron chi connectivity index (χ2n) is 12.3. The standard InChI is InChI=1S/C33H38N2O8S/c1-8-20-21-14-19(42-29(37)18(3)4)10-11-25(21)34-27-22(20)16-35-26(27)15-24-23(28(35)36)17-41-30(38)33(24,9-2)43-31(39)40-12-13-44-32(5,6)7/h10-11,14-15,18H,8-9,12-13,16-17H2,1-7H3/t33-/m0/s1. The third kappa shape index (κ3) is 5.69. The van der Waals surface area contributed by atoms with Gasteiger partial charge in [-0.1, -0.05) is 48.5 Å². The summed E-state index contributed by atoms with van der Waals surface area (Å²) in [5.74, 6) is -0.357. The van der Waals surface area contributed by atoms with Gasteiger partial charge in [-0.2, -0.15) is 11.8 Å². The van der Waals surface area contributed by atoms with Gasteiger partial charge in [0.1, 0.15) is 19.0 Å². The summed E-state index contributed by atoms with van der Waals surface area (Å²) in [5, 5.41) is 0.836. The van der Waals surface area contributed by atoms with E-state index in [0.717, 1.165) is 16.5 Å². The summed E-state index contributed by atoms with van der Waals surface area (Å²) in [4.78, 5) is 57.2. The normalized spacial score (nSPS) is 17.1. The molecule has 0 saturated carbocycles. The lowest BCUT2D eigenvalue weighted by molar-refractivity contribution is -0.175. The molecule has 2 aliphatic rings. The van der Waals surface area contributed by atoms with Crippen LogP contribution in [0.4, 0.5) is 4.79 Å². The molecule has 2 aromatic heterocycles. The Kier molecular flexibility index (Phi) is 8.54. The molecule has 0 spiro atoms. The molecule has 11 heteroatoms. The van der Waals surface area contributed by atoms with Crippen molar-refractivity contribution in [3.63, 3.8) is 0 Å². The van der Waals surface area contributed by atoms with Crippen LogP contribution in [0.5, 0.6) is 5.75 Å². The number of hydrogen-bond donors (Lipinski definition) is 0. The van der Waals surface area contributed by atoms with Crippen LogP contribution in [-0.4, -0.2) is 44.8 Å². The summed E-state index contributed by atoms with van der Waals surface area (Å²) in [6.45, 7) is 13.6. The lowest BCUT2D eigenvalue weighted by Gasteiger charge is -2.35. The van der Waals surface area contributed by atoms with Crippen molar-refractivity contribution >= 4 is 40.8 Å². The lowest BCUT2D eigenvalue weighted by Crippen LogP contribution is -2.47. The number of carbonyl (C=O) groups excluding carboxylic acids is 3. The largest absolute Gasteiger partial charge is 0.509 e. The minimum Gasteiger partial charge on any atom is -0.457 e. The van der Waals surface area contributed by atoms with Crippen LogP contribution in [0.3, 0.4) is 0 Å². The number of fused-ring (bicyclic) bond motifs is 5. The molecule has 1 aromatic carbocycles. The molecule has 3 aromatic rings. The Balaban J connectivity index is 1.55. The van der Waals surface area contributed by atoms with E-state index < -0.39 is 17.7 Å². The molecule has 0 unspecified atom stereocenters. The van der Waals surface area contributed by atoms with Crippen molar-refractivity contribution in [1.82, 2.24) is 9.55 Å². The molecule has 0 bridgehead atoms. The summed E-state index contributed by atoms with van der Waals surface area (Å²) in [6.07, 6.45) is -0.309. The Hall–Kier alpha value is -3.86. The van der Waals surface area contributed by atoms with Crippen LogP contribution >= 0.6 is 11.8 Å². The van der Waals surface area contributed by atoms with E-state index in [-0.39, 0.29) is 59.5 Å². The fourth-order valence-corrected chi connectivity index (χ4v) is 6.42. The smallest absolute Gasteiger partial charge is 0.457 e. The molecule has 1 atom stereocenters. The predicted molar refractivity (Wildman–Crippen MR) is 167 cm³/mol. The average molecular weight is 623 g/mol. The van der Waals surface area contributed by atoms with E-state index in [1.54, 1.807) is 55.3 Å². The monoisotopic (exact) mass is 622 g/mol. The van der Waals surface area contributed by atoms with Gasteiger partial charge in [-0.15, -0.1) is 0 Å². The van der Waals surface area contributed by atoms with Crippen LogP contribution in [0.15, 0.2) is 29.1 Å². The molecule has 2 aliphatic heterocycles. The van der Waals surface area contributed by atoms with Crippen molar-refractivity contribution in [2.45, 2.75) is 84.8 Å². The first-order valence-electron chi connectivity index (χ1n) is 14.9. The van der Waals surface area contributed by atoms with Gasteiger partial charge < -0.3 is 23.5 Å². The summed E-state index contributed by atoms with van der Waals surface area (Å²) >= 11 is 1.63. The molecular formula is C33H38N2O8S. The predicted octanol–water partition coefficient (Wildman–Crippen LogP) is 5.90. The molecule has 0 saturated heterocycles. The minimum absolute atomic E-state index is 0.00274. The number of carbonyl (C=O) groups is 3. The van der Waals surface area contributed by atoms with E-state index in [0.29, 0.717) is 34.8 Å². The zero-order valence-corrected chi connectivity index (χ0v) is 27.0. The first-order chi connectivity index (χ1) is 20.8. The summed E-state index contributed by atoms with van der Waals surface area (Å²) in [5.41, 5.74) is 2.05. The van der Waals surface area contributed by atoms with Gasteiger partial charge in [-0.3, -0.25) is 9.59 Å². The fourth-order valence-electron chi connectivity index (χ4n) is 5.64. The lowest BCUT2D eigenvalue weighted by atomic mass is 9.85. The maximum absolute atomic E-state index is 13.9. The van der Waals surface area contributed by atoms with E-state index in [4.69, 9.17) is 23.9 Å². The number of pyridine rings is 2. The third-order valence-electron chi connectivity index (χ3n) is 7.88. The molecule has 44 heavy (non-hydrogen) atoms. The highest BCUT2D eigenvalue weighted by Crippen LogP contribution is 2.42. The Bertz CT molecular complexity index is 1720. The van der Waals surface area contributed by atoms with Crippen LogP contribution in [-0.2, 0) is 49.0 Å². The van der Waals surface area contributed by atoms with E-state index in [1.165, 1.54) is 0 Å². The molecular weight excluding hydrogens is 584 g/mol. The van der Waals surface area contributed by atoms with Gasteiger partial charge in [0.2, 0.25) is 5.60 Å². The highest BCUT2D eigenvalue weighted by molar-refractivity contribution is 8.00. The van der Waals surface area contributed by atoms with Crippen molar-refractivity contribution in [3.8, 4) is 17.1 Å². The number of esters is 2. The number of benzene rings is 1. The SMILES string of the molecule is CCc1c2c(nc3ccc(OC(=O)C(C)C)cc13)-c1cc3c(c(=O)n1C2)COC(=O)[C@@]3(CC)OC(=O)OCCSC(C)(C)C. The number of hydrogen-bond acceptors (Lipinski definition) is 10. The van der Waals surface area contributed by atoms with Crippen molar-refractivity contribution in [2.24, 2.45) is 5.92 Å². The van der Waals surface area contributed by atoms with Crippen LogP contribution in [0, 0.1) is 5.92 Å². The molecule has 5 rings (SSSR count). The van der Waals surface area contributed by atoms with Gasteiger partial charge >= 0.3 is 18.1 Å². The van der Waals surface area contributed by atoms with E-state index in [1.807, 2.05) is 13.0 Å². The number of rotatable bonds is 8. The van der Waals surface area contributed by atoms with Gasteiger partial charge in [0, 0.05) is 27.0 Å². The van der Waals surface area contributed by atoms with Gasteiger partial charge in [-0.05, 0) is 42.7 Å². The fraction of sp³-hybridized carbons (Fsp3) is 0.485. The highest BCUT2D eigenvalue weighted by Gasteiger charge is 2.51. The van der Waals surface area contributed by atoms with E-state index in [9.17, 15) is 19.2 Å². The second kappa shape index (κ2) is 11.9. The Morgan fingerprint density at radius 3 is 2.55 bits per heavy atom. The summed E-state index contributed by atoms with van der Waals surface area (Å²) in [6, 6.07) is 7.04. The third-order valence-corrected chi connectivity index (χ3v) is 9.12. The molecule has 0 N–H and O–H groups in total. The zero-order valence-electron chi connectivity index (χ0n) is 26.2. The molecule has 4 heterocycles. The van der Waals surface area contributed by atoms with Crippen molar-refractivity contribution < 1.29 is 33.3 Å². The average Bonchev–Trinajstić information content (AvgIpc) is 3.33. The highest BCUT2D eigenvalue weighted by atomic mass is 32.2. The van der Waals surface area contributed by atoms with Crippen LogP contribution in [0.25, 0.3) is 22.3 Å². The molecule has 0 radical (unpaired) electrons. The zero-order chi connectivity index (χ0) is 32.0. The number of ether oxygens (including phenoxy) is 4. The van der Waals surface area contributed by atoms with Crippen LogP contribution in [0.1, 0.15) is 77.1 Å². The second-order valence-corrected chi connectivity index (χ2v) is 14.2. The van der Waals surface area contributed by atoms with Crippen molar-refractivity contribution in [3.05, 3.63) is 56.9 Å². The van der Waals surface area contributed by atoms with Gasteiger partial charge in [0.15, 0.2) is 0 Å². The summed E-state index contributed by atoms with van der Waals surface area (Å²) < 4.78 is 23.6. The number of cyclic esters (lactones) is 1. The summed E-state index contributed by atoms with van der Waals surface area (Å²) in [7, 11) is 0. The Morgan fingerprint density at radius 1 is 1.14 bits per heavy atom. The Labute approximate surface area is 260 Å². The minimum atomic E-state index is -1.83. The van der Waals surface area contributed by atoms with Gasteiger partial charge in [0.25, 0.3) is 5.56 Å². The molecule has 0 aliphatic carbocycles. The molecule has 0 fully saturated rings. The van der Waals surface area contributed by atoms with Crippen LogP contribution < -0.4 is 10.3 Å². The van der Waals surface area contributed by atoms with Crippen molar-refractivity contribution in [1.29, 1.82) is 0 Å². The number of aromatic nitrogens is 2. The topological polar surface area (TPSA) is 123 Å². The number of aryl methyl sites for hydroxylation is 1. The van der Waals surface area contributed by atoms with Gasteiger partial charge in [-0.25, -0.2) is 14.6 Å². The van der Waals surface area contributed by atoms with E-state index in [2.05, 4.69) is 20.8 Å². The first-order valence-corrected chi connectivity index (χ1v) is 15.9. The van der Waals surface area contributed by atoms with Crippen molar-refractivity contribution in [2.75, 3.05) is 12.4 Å². The molecule has 0 amide bonds. The number of nitrogens with zero attached hydrogens (tertiary/aromatic N) is 2. The quantitative estimate of drug-likeness (QED) is 0.133. The maximum Gasteiger partial charge on any atom is 0.509 e. The maximum atomic E-state index is 13.9. The molecule has 10 nitrogen and oxygen atoms in total. The molecule has 234 valence electrons. The van der Waals surface area contributed by atoms with E-state index >= 15 is 0 Å².